The van der Waals surface area contributed by atoms with Gasteiger partial charge in [-0.25, -0.2) is 9.97 Å². The molecule has 0 bridgehead atoms. The van der Waals surface area contributed by atoms with Crippen LogP contribution >= 0.6 is 0 Å². The molecule has 1 aromatic heterocycles. The SMILES string of the molecule is COc1cc(CN2CCc3nc(N4CCN(C)CC4)ncc3C2)ccc1OC(C)C. The molecule has 0 spiro atoms. The highest BCUT2D eigenvalue weighted by atomic mass is 16.5. The summed E-state index contributed by atoms with van der Waals surface area (Å²) in [5.41, 5.74) is 3.67. The minimum Gasteiger partial charge on any atom is -0.493 e. The molecule has 7 nitrogen and oxygen atoms in total. The molecule has 0 amide bonds. The van der Waals surface area contributed by atoms with Crippen molar-refractivity contribution in [2.45, 2.75) is 39.5 Å². The van der Waals surface area contributed by atoms with Crippen LogP contribution in [0, 0.1) is 0 Å². The molecule has 0 saturated carbocycles. The second-order valence-electron chi connectivity index (χ2n) is 8.54. The molecule has 1 aromatic carbocycles. The molecule has 2 aliphatic rings. The van der Waals surface area contributed by atoms with E-state index in [2.05, 4.69) is 38.9 Å². The highest BCUT2D eigenvalue weighted by molar-refractivity contribution is 5.43. The molecule has 4 rings (SSSR count). The van der Waals surface area contributed by atoms with Crippen molar-refractivity contribution in [2.75, 3.05) is 51.8 Å². The fourth-order valence-corrected chi connectivity index (χ4v) is 4.08. The molecule has 30 heavy (non-hydrogen) atoms. The normalized spacial score (nSPS) is 17.8. The predicted octanol–water partition coefficient (Wildman–Crippen LogP) is 2.58. The van der Waals surface area contributed by atoms with Gasteiger partial charge in [0.2, 0.25) is 5.95 Å². The first-order chi connectivity index (χ1) is 14.5. The van der Waals surface area contributed by atoms with Gasteiger partial charge in [0.1, 0.15) is 0 Å². The van der Waals surface area contributed by atoms with Crippen LogP contribution in [0.5, 0.6) is 11.5 Å². The fourth-order valence-electron chi connectivity index (χ4n) is 4.08. The highest BCUT2D eigenvalue weighted by Crippen LogP contribution is 2.30. The Morgan fingerprint density at radius 3 is 2.60 bits per heavy atom. The third kappa shape index (κ3) is 4.84. The molecule has 2 aliphatic heterocycles. The van der Waals surface area contributed by atoms with Gasteiger partial charge in [0, 0.05) is 64.0 Å². The summed E-state index contributed by atoms with van der Waals surface area (Å²) in [4.78, 5) is 16.7. The summed E-state index contributed by atoms with van der Waals surface area (Å²) in [6.07, 6.45) is 3.12. The van der Waals surface area contributed by atoms with Crippen LogP contribution in [-0.2, 0) is 19.5 Å². The number of ether oxygens (including phenoxy) is 2. The second-order valence-corrected chi connectivity index (χ2v) is 8.54. The van der Waals surface area contributed by atoms with Crippen molar-refractivity contribution in [3.05, 3.63) is 41.2 Å². The van der Waals surface area contributed by atoms with E-state index in [1.165, 1.54) is 16.8 Å². The van der Waals surface area contributed by atoms with Crippen LogP contribution in [0.2, 0.25) is 0 Å². The van der Waals surface area contributed by atoms with Crippen LogP contribution in [0.3, 0.4) is 0 Å². The van der Waals surface area contributed by atoms with Gasteiger partial charge < -0.3 is 19.3 Å². The van der Waals surface area contributed by atoms with Crippen LogP contribution in [0.15, 0.2) is 24.4 Å². The molecule has 2 aromatic rings. The molecule has 0 unspecified atom stereocenters. The lowest BCUT2D eigenvalue weighted by Gasteiger charge is -2.33. The summed E-state index contributed by atoms with van der Waals surface area (Å²) in [5.74, 6) is 2.48. The van der Waals surface area contributed by atoms with Crippen molar-refractivity contribution in [3.8, 4) is 11.5 Å². The zero-order chi connectivity index (χ0) is 21.1. The molecular formula is C23H33N5O2. The predicted molar refractivity (Wildman–Crippen MR) is 118 cm³/mol. The Bertz CT molecular complexity index is 865. The molecular weight excluding hydrogens is 378 g/mol. The molecule has 0 N–H and O–H groups in total. The lowest BCUT2D eigenvalue weighted by Crippen LogP contribution is -2.45. The first-order valence-electron chi connectivity index (χ1n) is 10.9. The average Bonchev–Trinajstić information content (AvgIpc) is 2.74. The van der Waals surface area contributed by atoms with E-state index < -0.39 is 0 Å². The van der Waals surface area contributed by atoms with Crippen LogP contribution in [0.4, 0.5) is 5.95 Å². The van der Waals surface area contributed by atoms with Crippen molar-refractivity contribution in [1.29, 1.82) is 0 Å². The number of fused-ring (bicyclic) bond motifs is 1. The van der Waals surface area contributed by atoms with E-state index in [0.717, 1.165) is 69.7 Å². The minimum atomic E-state index is 0.124. The molecule has 0 radical (unpaired) electrons. The number of nitrogens with zero attached hydrogens (tertiary/aromatic N) is 5. The summed E-state index contributed by atoms with van der Waals surface area (Å²) >= 11 is 0. The van der Waals surface area contributed by atoms with Crippen LogP contribution < -0.4 is 14.4 Å². The van der Waals surface area contributed by atoms with Gasteiger partial charge in [-0.05, 0) is 38.6 Å². The molecule has 7 heteroatoms. The highest BCUT2D eigenvalue weighted by Gasteiger charge is 2.22. The van der Waals surface area contributed by atoms with Crippen molar-refractivity contribution in [2.24, 2.45) is 0 Å². The van der Waals surface area contributed by atoms with E-state index in [-0.39, 0.29) is 6.10 Å². The van der Waals surface area contributed by atoms with Gasteiger partial charge >= 0.3 is 0 Å². The standard InChI is InChI=1S/C23H33N5O2/c1-17(2)30-21-6-5-18(13-22(21)29-4)15-27-8-7-20-19(16-27)14-24-23(25-20)28-11-9-26(3)10-12-28/h5-6,13-14,17H,7-12,15-16H2,1-4H3. The van der Waals surface area contributed by atoms with Gasteiger partial charge in [-0.2, -0.15) is 0 Å². The topological polar surface area (TPSA) is 54.0 Å². The van der Waals surface area contributed by atoms with Gasteiger partial charge in [-0.1, -0.05) is 6.07 Å². The van der Waals surface area contributed by atoms with E-state index in [9.17, 15) is 0 Å². The Morgan fingerprint density at radius 2 is 1.87 bits per heavy atom. The third-order valence-electron chi connectivity index (χ3n) is 5.78. The molecule has 0 atom stereocenters. The molecule has 1 fully saturated rings. The zero-order valence-electron chi connectivity index (χ0n) is 18.6. The van der Waals surface area contributed by atoms with Crippen molar-refractivity contribution < 1.29 is 9.47 Å². The Hall–Kier alpha value is -2.38. The number of anilines is 1. The number of benzene rings is 1. The maximum absolute atomic E-state index is 5.83. The summed E-state index contributed by atoms with van der Waals surface area (Å²) in [7, 11) is 3.86. The number of likely N-dealkylation sites (N-methyl/N-ethyl adjacent to an activating group) is 1. The lowest BCUT2D eigenvalue weighted by atomic mass is 10.1. The van der Waals surface area contributed by atoms with Crippen molar-refractivity contribution >= 4 is 5.95 Å². The number of aromatic nitrogens is 2. The van der Waals surface area contributed by atoms with Crippen LogP contribution in [0.1, 0.15) is 30.7 Å². The summed E-state index contributed by atoms with van der Waals surface area (Å²) < 4.78 is 11.4. The summed E-state index contributed by atoms with van der Waals surface area (Å²) in [5, 5.41) is 0. The number of hydrogen-bond acceptors (Lipinski definition) is 7. The van der Waals surface area contributed by atoms with Gasteiger partial charge in [0.25, 0.3) is 0 Å². The van der Waals surface area contributed by atoms with E-state index >= 15 is 0 Å². The quantitative estimate of drug-likeness (QED) is 0.724. The summed E-state index contributed by atoms with van der Waals surface area (Å²) in [6, 6.07) is 6.22. The third-order valence-corrected chi connectivity index (χ3v) is 5.78. The van der Waals surface area contributed by atoms with E-state index in [0.29, 0.717) is 0 Å². The largest absolute Gasteiger partial charge is 0.493 e. The average molecular weight is 412 g/mol. The monoisotopic (exact) mass is 411 g/mol. The minimum absolute atomic E-state index is 0.124. The van der Waals surface area contributed by atoms with E-state index in [1.807, 2.05) is 26.1 Å². The van der Waals surface area contributed by atoms with Crippen molar-refractivity contribution in [3.63, 3.8) is 0 Å². The van der Waals surface area contributed by atoms with E-state index in [4.69, 9.17) is 14.5 Å². The van der Waals surface area contributed by atoms with Gasteiger partial charge in [-0.15, -0.1) is 0 Å². The van der Waals surface area contributed by atoms with Gasteiger partial charge in [0.05, 0.1) is 18.9 Å². The molecule has 162 valence electrons. The first-order valence-corrected chi connectivity index (χ1v) is 10.9. The molecule has 1 saturated heterocycles. The summed E-state index contributed by atoms with van der Waals surface area (Å²) in [6.45, 7) is 10.9. The second kappa shape index (κ2) is 9.18. The van der Waals surface area contributed by atoms with E-state index in [1.54, 1.807) is 7.11 Å². The number of piperazine rings is 1. The number of methoxy groups -OCH3 is 1. The maximum Gasteiger partial charge on any atom is 0.225 e. The Labute approximate surface area is 179 Å². The van der Waals surface area contributed by atoms with Gasteiger partial charge in [-0.3, -0.25) is 4.90 Å². The fraction of sp³-hybridized carbons (Fsp3) is 0.565. The van der Waals surface area contributed by atoms with Crippen molar-refractivity contribution in [1.82, 2.24) is 19.8 Å². The first kappa shape index (κ1) is 20.9. The Morgan fingerprint density at radius 1 is 1.07 bits per heavy atom. The number of hydrogen-bond donors (Lipinski definition) is 0. The maximum atomic E-state index is 5.83. The zero-order valence-corrected chi connectivity index (χ0v) is 18.6. The van der Waals surface area contributed by atoms with Crippen LogP contribution in [-0.4, -0.2) is 72.8 Å². The van der Waals surface area contributed by atoms with Crippen LogP contribution in [0.25, 0.3) is 0 Å². The Kier molecular flexibility index (Phi) is 6.39. The smallest absolute Gasteiger partial charge is 0.225 e. The number of rotatable bonds is 6. The molecule has 0 aliphatic carbocycles. The Balaban J connectivity index is 1.41. The molecule has 3 heterocycles. The van der Waals surface area contributed by atoms with Gasteiger partial charge in [0.15, 0.2) is 11.5 Å². The lowest BCUT2D eigenvalue weighted by molar-refractivity contribution is 0.228.